The monoisotopic (exact) mass is 293 g/mol. The first-order chi connectivity index (χ1) is 9.95. The van der Waals surface area contributed by atoms with Gasteiger partial charge in [-0.25, -0.2) is 0 Å². The molecule has 1 aromatic carbocycles. The number of carbonyl (C=O) groups excluding carboxylic acids is 2. The maximum absolute atomic E-state index is 12.3. The fraction of sp³-hybridized carbons (Fsp3) is 0.500. The Balaban J connectivity index is 2.59. The van der Waals surface area contributed by atoms with Gasteiger partial charge in [-0.1, -0.05) is 25.1 Å². The second-order valence-electron chi connectivity index (χ2n) is 5.17. The van der Waals surface area contributed by atoms with E-state index in [9.17, 15) is 9.59 Å². The molecule has 21 heavy (non-hydrogen) atoms. The van der Waals surface area contributed by atoms with Crippen molar-refractivity contribution in [1.82, 2.24) is 4.90 Å². The molecule has 1 atom stereocenters. The number of hydrogen-bond acceptors (Lipinski definition) is 4. The second kappa shape index (κ2) is 8.29. The van der Waals surface area contributed by atoms with E-state index in [1.807, 2.05) is 32.0 Å². The number of rotatable bonds is 7. The number of amides is 1. The number of benzene rings is 1. The molecule has 0 aliphatic heterocycles. The number of hydrogen-bond donors (Lipinski definition) is 0. The Morgan fingerprint density at radius 1 is 1.14 bits per heavy atom. The molecule has 0 radical (unpaired) electrons. The van der Waals surface area contributed by atoms with Crippen LogP contribution in [0.5, 0.6) is 5.75 Å². The van der Waals surface area contributed by atoms with Gasteiger partial charge in [-0.2, -0.15) is 0 Å². The van der Waals surface area contributed by atoms with Crippen molar-refractivity contribution in [2.75, 3.05) is 20.3 Å². The van der Waals surface area contributed by atoms with Gasteiger partial charge in [-0.3, -0.25) is 9.59 Å². The summed E-state index contributed by atoms with van der Waals surface area (Å²) in [6.45, 7) is 5.83. The first-order valence-electron chi connectivity index (χ1n) is 7.00. The molecule has 0 bridgehead atoms. The zero-order valence-corrected chi connectivity index (χ0v) is 13.0. The predicted octanol–water partition coefficient (Wildman–Crippen LogP) is 2.11. The molecular formula is C16H23NO4. The molecule has 0 fully saturated rings. The van der Waals surface area contributed by atoms with Gasteiger partial charge in [0.15, 0.2) is 6.61 Å². The molecule has 1 aromatic rings. The van der Waals surface area contributed by atoms with Gasteiger partial charge in [-0.05, 0) is 26.0 Å². The van der Waals surface area contributed by atoms with Crippen LogP contribution in [0, 0.1) is 5.92 Å². The van der Waals surface area contributed by atoms with Gasteiger partial charge in [0.25, 0.3) is 5.91 Å². The smallest absolute Gasteiger partial charge is 0.310 e. The topological polar surface area (TPSA) is 55.8 Å². The SMILES string of the molecule is COC(=O)C(C)CN(C(=O)COc1ccccc1)C(C)C. The van der Waals surface area contributed by atoms with Crippen molar-refractivity contribution in [1.29, 1.82) is 0 Å². The third-order valence-electron chi connectivity index (χ3n) is 3.12. The average molecular weight is 293 g/mol. The summed E-state index contributed by atoms with van der Waals surface area (Å²) in [6.07, 6.45) is 0. The fourth-order valence-electron chi connectivity index (χ4n) is 1.92. The third kappa shape index (κ3) is 5.45. The molecule has 5 nitrogen and oxygen atoms in total. The van der Waals surface area contributed by atoms with E-state index in [4.69, 9.17) is 9.47 Å². The van der Waals surface area contributed by atoms with Crippen LogP contribution >= 0.6 is 0 Å². The molecule has 0 saturated heterocycles. The zero-order chi connectivity index (χ0) is 15.8. The highest BCUT2D eigenvalue weighted by atomic mass is 16.5. The highest BCUT2D eigenvalue weighted by molar-refractivity contribution is 5.79. The molecule has 1 unspecified atom stereocenters. The van der Waals surface area contributed by atoms with E-state index in [1.54, 1.807) is 24.0 Å². The maximum Gasteiger partial charge on any atom is 0.310 e. The standard InChI is InChI=1S/C16H23NO4/c1-12(2)17(10-13(3)16(19)20-4)15(18)11-21-14-8-6-5-7-9-14/h5-9,12-13H,10-11H2,1-4H3. The van der Waals surface area contributed by atoms with Crippen LogP contribution in [0.4, 0.5) is 0 Å². The van der Waals surface area contributed by atoms with Crippen LogP contribution in [0.2, 0.25) is 0 Å². The molecular weight excluding hydrogens is 270 g/mol. The van der Waals surface area contributed by atoms with Gasteiger partial charge in [0.1, 0.15) is 5.75 Å². The Kier molecular flexibility index (Phi) is 6.72. The fourth-order valence-corrected chi connectivity index (χ4v) is 1.92. The number of nitrogens with zero attached hydrogens (tertiary/aromatic N) is 1. The Hall–Kier alpha value is -2.04. The van der Waals surface area contributed by atoms with E-state index in [-0.39, 0.29) is 30.4 Å². The molecule has 1 rings (SSSR count). The van der Waals surface area contributed by atoms with Gasteiger partial charge in [0.05, 0.1) is 13.0 Å². The number of ether oxygens (including phenoxy) is 2. The van der Waals surface area contributed by atoms with E-state index in [2.05, 4.69) is 0 Å². The zero-order valence-electron chi connectivity index (χ0n) is 13.0. The summed E-state index contributed by atoms with van der Waals surface area (Å²) in [5.74, 6) is -0.185. The van der Waals surface area contributed by atoms with E-state index in [0.717, 1.165) is 0 Å². The first kappa shape index (κ1) is 17.0. The van der Waals surface area contributed by atoms with Crippen LogP contribution in [-0.4, -0.2) is 43.1 Å². The number of carbonyl (C=O) groups is 2. The van der Waals surface area contributed by atoms with Crippen molar-refractivity contribution >= 4 is 11.9 Å². The lowest BCUT2D eigenvalue weighted by molar-refractivity contribution is -0.147. The lowest BCUT2D eigenvalue weighted by Gasteiger charge is -2.28. The largest absolute Gasteiger partial charge is 0.484 e. The van der Waals surface area contributed by atoms with Crippen molar-refractivity contribution < 1.29 is 19.1 Å². The van der Waals surface area contributed by atoms with E-state index < -0.39 is 0 Å². The molecule has 0 aliphatic carbocycles. The molecule has 116 valence electrons. The van der Waals surface area contributed by atoms with Crippen LogP contribution in [0.15, 0.2) is 30.3 Å². The Morgan fingerprint density at radius 3 is 2.29 bits per heavy atom. The average Bonchev–Trinajstić information content (AvgIpc) is 2.49. The minimum absolute atomic E-state index is 0.0102. The highest BCUT2D eigenvalue weighted by Gasteiger charge is 2.23. The Labute approximate surface area is 125 Å². The third-order valence-corrected chi connectivity index (χ3v) is 3.12. The van der Waals surface area contributed by atoms with Crippen LogP contribution in [0.25, 0.3) is 0 Å². The van der Waals surface area contributed by atoms with Gasteiger partial charge < -0.3 is 14.4 Å². The van der Waals surface area contributed by atoms with Crippen LogP contribution in [0.3, 0.4) is 0 Å². The van der Waals surface area contributed by atoms with Gasteiger partial charge in [0, 0.05) is 12.6 Å². The lowest BCUT2D eigenvalue weighted by atomic mass is 10.1. The van der Waals surface area contributed by atoms with E-state index in [0.29, 0.717) is 12.3 Å². The van der Waals surface area contributed by atoms with Crippen LogP contribution < -0.4 is 4.74 Å². The van der Waals surface area contributed by atoms with Crippen molar-refractivity contribution in [3.63, 3.8) is 0 Å². The highest BCUT2D eigenvalue weighted by Crippen LogP contribution is 2.11. The normalized spacial score (nSPS) is 11.9. The van der Waals surface area contributed by atoms with Crippen molar-refractivity contribution in [2.45, 2.75) is 26.8 Å². The quantitative estimate of drug-likeness (QED) is 0.723. The molecule has 0 N–H and O–H groups in total. The molecule has 0 spiro atoms. The summed E-state index contributed by atoms with van der Waals surface area (Å²) in [4.78, 5) is 25.4. The number of methoxy groups -OCH3 is 1. The summed E-state index contributed by atoms with van der Waals surface area (Å²) in [7, 11) is 1.35. The van der Waals surface area contributed by atoms with Gasteiger partial charge in [0.2, 0.25) is 0 Å². The van der Waals surface area contributed by atoms with E-state index in [1.165, 1.54) is 7.11 Å². The molecule has 0 saturated carbocycles. The summed E-state index contributed by atoms with van der Waals surface area (Å²) in [6, 6.07) is 9.16. The van der Waals surface area contributed by atoms with Gasteiger partial charge >= 0.3 is 5.97 Å². The predicted molar refractivity (Wildman–Crippen MR) is 80.0 cm³/mol. The first-order valence-corrected chi connectivity index (χ1v) is 7.00. The van der Waals surface area contributed by atoms with Crippen LogP contribution in [0.1, 0.15) is 20.8 Å². The molecule has 5 heteroatoms. The molecule has 1 amide bonds. The van der Waals surface area contributed by atoms with Crippen molar-refractivity contribution in [2.24, 2.45) is 5.92 Å². The minimum atomic E-state index is -0.363. The van der Waals surface area contributed by atoms with E-state index >= 15 is 0 Å². The Morgan fingerprint density at radius 2 is 1.76 bits per heavy atom. The Bertz CT molecular complexity index is 459. The maximum atomic E-state index is 12.3. The number of esters is 1. The number of para-hydroxylation sites is 1. The minimum Gasteiger partial charge on any atom is -0.484 e. The summed E-state index contributed by atoms with van der Waals surface area (Å²) in [5.41, 5.74) is 0. The summed E-state index contributed by atoms with van der Waals surface area (Å²) < 4.78 is 10.2. The molecule has 0 heterocycles. The summed E-state index contributed by atoms with van der Waals surface area (Å²) >= 11 is 0. The lowest BCUT2D eigenvalue weighted by Crippen LogP contribution is -2.44. The van der Waals surface area contributed by atoms with Crippen molar-refractivity contribution in [3.8, 4) is 5.75 Å². The molecule has 0 aliphatic rings. The second-order valence-corrected chi connectivity index (χ2v) is 5.17. The van der Waals surface area contributed by atoms with Gasteiger partial charge in [-0.15, -0.1) is 0 Å². The molecule has 0 aromatic heterocycles. The van der Waals surface area contributed by atoms with Crippen LogP contribution in [-0.2, 0) is 14.3 Å². The summed E-state index contributed by atoms with van der Waals surface area (Å²) in [5, 5.41) is 0. The van der Waals surface area contributed by atoms with Crippen molar-refractivity contribution in [3.05, 3.63) is 30.3 Å².